The summed E-state index contributed by atoms with van der Waals surface area (Å²) >= 11 is 0. The molecule has 0 aliphatic rings. The molecule has 1 N–H and O–H groups in total. The number of nitrogens with one attached hydrogen (secondary N) is 1. The van der Waals surface area contributed by atoms with Gasteiger partial charge in [-0.25, -0.2) is 13.1 Å². The molecule has 7 heteroatoms. The van der Waals surface area contributed by atoms with Crippen LogP contribution in [-0.2, 0) is 10.0 Å². The standard InChI is InChI=1S/C17H19N3O3S/c1-20(2)14(15-8-5-11-23-15)12-19-24(21,22)16-9-3-6-13-7-4-10-18-17(13)16/h3-11,14,19H,12H2,1-2H3. The topological polar surface area (TPSA) is 75.4 Å². The van der Waals surface area contributed by atoms with Crippen LogP contribution in [0.3, 0.4) is 0 Å². The second kappa shape index (κ2) is 6.72. The number of para-hydroxylation sites is 1. The zero-order valence-corrected chi connectivity index (χ0v) is 14.3. The number of nitrogens with zero attached hydrogens (tertiary/aromatic N) is 2. The van der Waals surface area contributed by atoms with E-state index in [0.29, 0.717) is 11.3 Å². The van der Waals surface area contributed by atoms with Crippen LogP contribution in [0.2, 0.25) is 0 Å². The number of hydrogen-bond acceptors (Lipinski definition) is 5. The van der Waals surface area contributed by atoms with E-state index in [1.165, 1.54) is 0 Å². The van der Waals surface area contributed by atoms with Gasteiger partial charge < -0.3 is 4.42 Å². The molecule has 0 spiro atoms. The highest BCUT2D eigenvalue weighted by Gasteiger charge is 2.23. The van der Waals surface area contributed by atoms with Crippen LogP contribution in [0.5, 0.6) is 0 Å². The van der Waals surface area contributed by atoms with Crippen LogP contribution in [0.1, 0.15) is 11.8 Å². The third-order valence-corrected chi connectivity index (χ3v) is 5.30. The van der Waals surface area contributed by atoms with E-state index in [-0.39, 0.29) is 17.5 Å². The molecule has 0 fully saturated rings. The van der Waals surface area contributed by atoms with Crippen molar-refractivity contribution < 1.29 is 12.8 Å². The van der Waals surface area contributed by atoms with Gasteiger partial charge in [-0.15, -0.1) is 0 Å². The molecule has 6 nitrogen and oxygen atoms in total. The Labute approximate surface area is 141 Å². The Morgan fingerprint density at radius 1 is 1.17 bits per heavy atom. The summed E-state index contributed by atoms with van der Waals surface area (Å²) in [4.78, 5) is 6.30. The third-order valence-electron chi connectivity index (χ3n) is 3.85. The number of hydrogen-bond donors (Lipinski definition) is 1. The quantitative estimate of drug-likeness (QED) is 0.742. The number of aromatic nitrogens is 1. The van der Waals surface area contributed by atoms with E-state index in [1.54, 1.807) is 36.7 Å². The molecule has 2 heterocycles. The molecule has 1 aromatic carbocycles. The first kappa shape index (κ1) is 16.6. The Bertz CT molecular complexity index is 916. The van der Waals surface area contributed by atoms with Crippen molar-refractivity contribution in [3.8, 4) is 0 Å². The van der Waals surface area contributed by atoms with Gasteiger partial charge in [0, 0.05) is 18.1 Å². The molecule has 24 heavy (non-hydrogen) atoms. The van der Waals surface area contributed by atoms with Crippen LogP contribution in [0.25, 0.3) is 10.9 Å². The normalized spacial score (nSPS) is 13.5. The highest BCUT2D eigenvalue weighted by molar-refractivity contribution is 7.89. The van der Waals surface area contributed by atoms with Crippen molar-refractivity contribution in [2.75, 3.05) is 20.6 Å². The molecule has 3 aromatic rings. The summed E-state index contributed by atoms with van der Waals surface area (Å²) in [6.45, 7) is 0.200. The van der Waals surface area contributed by atoms with Crippen molar-refractivity contribution in [2.24, 2.45) is 0 Å². The molecule has 3 rings (SSSR count). The molecule has 1 atom stereocenters. The van der Waals surface area contributed by atoms with E-state index in [1.807, 2.05) is 37.2 Å². The lowest BCUT2D eigenvalue weighted by atomic mass is 10.2. The predicted molar refractivity (Wildman–Crippen MR) is 92.1 cm³/mol. The van der Waals surface area contributed by atoms with Gasteiger partial charge in [-0.3, -0.25) is 9.88 Å². The predicted octanol–water partition coefficient (Wildman–Crippen LogP) is 2.41. The largest absolute Gasteiger partial charge is 0.468 e. The molecule has 0 aliphatic carbocycles. The summed E-state index contributed by atoms with van der Waals surface area (Å²) in [7, 11) is 0.0645. The fraction of sp³-hybridized carbons (Fsp3) is 0.235. The summed E-state index contributed by atoms with van der Waals surface area (Å²) in [5.41, 5.74) is 0.465. The summed E-state index contributed by atoms with van der Waals surface area (Å²) in [6, 6.07) is 12.2. The number of furan rings is 1. The Morgan fingerprint density at radius 2 is 1.96 bits per heavy atom. The molecule has 0 amide bonds. The van der Waals surface area contributed by atoms with Crippen LogP contribution in [0, 0.1) is 0 Å². The molecule has 0 aliphatic heterocycles. The first-order valence-corrected chi connectivity index (χ1v) is 9.00. The molecule has 0 saturated heterocycles. The lowest BCUT2D eigenvalue weighted by Crippen LogP contribution is -2.34. The summed E-state index contributed by atoms with van der Waals surface area (Å²) in [5, 5.41) is 0.788. The van der Waals surface area contributed by atoms with Crippen LogP contribution in [0.15, 0.2) is 64.2 Å². The number of benzene rings is 1. The minimum Gasteiger partial charge on any atom is -0.468 e. The van der Waals surface area contributed by atoms with Crippen molar-refractivity contribution in [1.82, 2.24) is 14.6 Å². The minimum absolute atomic E-state index is 0.178. The monoisotopic (exact) mass is 345 g/mol. The first-order valence-electron chi connectivity index (χ1n) is 7.52. The molecule has 1 unspecified atom stereocenters. The van der Waals surface area contributed by atoms with Gasteiger partial charge >= 0.3 is 0 Å². The van der Waals surface area contributed by atoms with E-state index >= 15 is 0 Å². The van der Waals surface area contributed by atoms with Crippen molar-refractivity contribution in [3.63, 3.8) is 0 Å². The molecular formula is C17H19N3O3S. The number of fused-ring (bicyclic) bond motifs is 1. The lowest BCUT2D eigenvalue weighted by molar-refractivity contribution is 0.259. The van der Waals surface area contributed by atoms with Crippen molar-refractivity contribution >= 4 is 20.9 Å². The number of sulfonamides is 1. The second-order valence-electron chi connectivity index (χ2n) is 5.68. The van der Waals surface area contributed by atoms with Crippen molar-refractivity contribution in [2.45, 2.75) is 10.9 Å². The Morgan fingerprint density at radius 3 is 2.67 bits per heavy atom. The maximum Gasteiger partial charge on any atom is 0.242 e. The lowest BCUT2D eigenvalue weighted by Gasteiger charge is -2.22. The Balaban J connectivity index is 1.88. The summed E-state index contributed by atoms with van der Waals surface area (Å²) < 4.78 is 33.6. The maximum atomic E-state index is 12.7. The highest BCUT2D eigenvalue weighted by Crippen LogP contribution is 2.22. The van der Waals surface area contributed by atoms with Gasteiger partial charge in [0.2, 0.25) is 10.0 Å². The van der Waals surface area contributed by atoms with Crippen molar-refractivity contribution in [1.29, 1.82) is 0 Å². The van der Waals surface area contributed by atoms with Crippen molar-refractivity contribution in [3.05, 3.63) is 60.7 Å². The smallest absolute Gasteiger partial charge is 0.242 e. The number of likely N-dealkylation sites (N-methyl/N-ethyl adjacent to an activating group) is 1. The minimum atomic E-state index is -3.69. The average molecular weight is 345 g/mol. The van der Waals surface area contributed by atoms with Crippen LogP contribution >= 0.6 is 0 Å². The van der Waals surface area contributed by atoms with Gasteiger partial charge in [-0.05, 0) is 38.4 Å². The number of rotatable bonds is 6. The summed E-state index contributed by atoms with van der Waals surface area (Å²) in [6.07, 6.45) is 3.17. The molecule has 0 radical (unpaired) electrons. The van der Waals surface area contributed by atoms with E-state index < -0.39 is 10.0 Å². The molecule has 0 saturated carbocycles. The molecule has 2 aromatic heterocycles. The van der Waals surface area contributed by atoms with Crippen LogP contribution < -0.4 is 4.72 Å². The Hall–Kier alpha value is -2.22. The van der Waals surface area contributed by atoms with E-state index in [0.717, 1.165) is 5.39 Å². The van der Waals surface area contributed by atoms with Crippen LogP contribution in [-0.4, -0.2) is 38.9 Å². The second-order valence-corrected chi connectivity index (χ2v) is 7.41. The first-order chi connectivity index (χ1) is 11.5. The zero-order chi connectivity index (χ0) is 17.2. The molecule has 0 bridgehead atoms. The molecule has 126 valence electrons. The van der Waals surface area contributed by atoms with Crippen LogP contribution in [0.4, 0.5) is 0 Å². The number of pyridine rings is 1. The van der Waals surface area contributed by atoms with Gasteiger partial charge in [-0.1, -0.05) is 18.2 Å². The summed E-state index contributed by atoms with van der Waals surface area (Å²) in [5.74, 6) is 0.707. The fourth-order valence-corrected chi connectivity index (χ4v) is 3.79. The SMILES string of the molecule is CN(C)C(CNS(=O)(=O)c1cccc2cccnc12)c1ccco1. The highest BCUT2D eigenvalue weighted by atomic mass is 32.2. The Kier molecular flexibility index (Phi) is 4.66. The van der Waals surface area contributed by atoms with Gasteiger partial charge in [0.05, 0.1) is 17.8 Å². The van der Waals surface area contributed by atoms with Gasteiger partial charge in [-0.2, -0.15) is 0 Å². The van der Waals surface area contributed by atoms with E-state index in [4.69, 9.17) is 4.42 Å². The van der Waals surface area contributed by atoms with Gasteiger partial charge in [0.1, 0.15) is 10.7 Å². The zero-order valence-electron chi connectivity index (χ0n) is 13.5. The maximum absolute atomic E-state index is 12.7. The third kappa shape index (κ3) is 3.33. The van der Waals surface area contributed by atoms with E-state index in [9.17, 15) is 8.42 Å². The van der Waals surface area contributed by atoms with Gasteiger partial charge in [0.25, 0.3) is 0 Å². The average Bonchev–Trinajstić information content (AvgIpc) is 3.08. The van der Waals surface area contributed by atoms with E-state index in [2.05, 4.69) is 9.71 Å². The fourth-order valence-electron chi connectivity index (χ4n) is 2.58. The molecular weight excluding hydrogens is 326 g/mol. The van der Waals surface area contributed by atoms with Gasteiger partial charge in [0.15, 0.2) is 0 Å².